The molecule has 1 unspecified atom stereocenters. The molecule has 1 atom stereocenters. The summed E-state index contributed by atoms with van der Waals surface area (Å²) < 4.78 is 2.49. The fourth-order valence-corrected chi connectivity index (χ4v) is 2.59. The molecule has 16 heavy (non-hydrogen) atoms. The first-order chi connectivity index (χ1) is 7.53. The van der Waals surface area contributed by atoms with Crippen molar-refractivity contribution in [3.63, 3.8) is 0 Å². The van der Waals surface area contributed by atoms with Crippen LogP contribution in [0.25, 0.3) is 0 Å². The lowest BCUT2D eigenvalue weighted by Gasteiger charge is -2.24. The molecule has 84 valence electrons. The summed E-state index contributed by atoms with van der Waals surface area (Å²) in [5, 5.41) is 14.7. The Balaban J connectivity index is 2.55. The van der Waals surface area contributed by atoms with Gasteiger partial charge >= 0.3 is 0 Å². The van der Waals surface area contributed by atoms with Gasteiger partial charge in [0.05, 0.1) is 16.4 Å². The predicted octanol–water partition coefficient (Wildman–Crippen LogP) is 2.44. The maximum atomic E-state index is 10.6. The maximum Gasteiger partial charge on any atom is 0.129 e. The lowest BCUT2D eigenvalue weighted by Crippen LogP contribution is -2.26. The lowest BCUT2D eigenvalue weighted by molar-refractivity contribution is 0.0921. The van der Waals surface area contributed by atoms with E-state index in [-0.39, 0.29) is 0 Å². The van der Waals surface area contributed by atoms with Gasteiger partial charge in [0.15, 0.2) is 0 Å². The minimum Gasteiger partial charge on any atom is -0.379 e. The highest BCUT2D eigenvalue weighted by molar-refractivity contribution is 9.10. The summed E-state index contributed by atoms with van der Waals surface area (Å²) in [6.45, 7) is 1.77. The summed E-state index contributed by atoms with van der Waals surface area (Å²) in [6, 6.07) is 9.55. The Morgan fingerprint density at radius 3 is 2.44 bits per heavy atom. The Hall–Kier alpha value is -1.13. The lowest BCUT2D eigenvalue weighted by atomic mass is 9.92. The second-order valence-corrected chi connectivity index (χ2v) is 4.76. The van der Waals surface area contributed by atoms with E-state index in [2.05, 4.69) is 21.0 Å². The molecule has 0 saturated carbocycles. The van der Waals surface area contributed by atoms with Gasteiger partial charge in [-0.15, -0.1) is 0 Å². The van der Waals surface area contributed by atoms with Crippen LogP contribution >= 0.6 is 15.9 Å². The molecule has 3 nitrogen and oxygen atoms in total. The monoisotopic (exact) mass is 280 g/mol. The van der Waals surface area contributed by atoms with Crippen LogP contribution in [-0.2, 0) is 12.6 Å². The smallest absolute Gasteiger partial charge is 0.129 e. The van der Waals surface area contributed by atoms with Crippen molar-refractivity contribution >= 4 is 15.9 Å². The van der Waals surface area contributed by atoms with Crippen molar-refractivity contribution in [3.8, 4) is 0 Å². The molecule has 0 radical (unpaired) electrons. The topological polar surface area (TPSA) is 38.0 Å². The zero-order valence-electron chi connectivity index (χ0n) is 9.18. The molecule has 2 rings (SSSR count). The second-order valence-electron chi connectivity index (χ2n) is 3.90. The van der Waals surface area contributed by atoms with Crippen LogP contribution in [0.15, 0.2) is 41.0 Å². The first kappa shape index (κ1) is 11.4. The van der Waals surface area contributed by atoms with Gasteiger partial charge in [-0.25, -0.2) is 0 Å². The van der Waals surface area contributed by atoms with E-state index in [1.807, 2.05) is 37.4 Å². The Bertz CT molecular complexity index is 471. The molecule has 0 spiro atoms. The van der Waals surface area contributed by atoms with E-state index < -0.39 is 5.60 Å². The van der Waals surface area contributed by atoms with Crippen molar-refractivity contribution < 1.29 is 5.11 Å². The average molecular weight is 281 g/mol. The highest BCUT2D eigenvalue weighted by Crippen LogP contribution is 2.33. The first-order valence-electron chi connectivity index (χ1n) is 4.99. The number of halogens is 1. The van der Waals surface area contributed by atoms with Crippen LogP contribution in [0.3, 0.4) is 0 Å². The van der Waals surface area contributed by atoms with E-state index in [1.54, 1.807) is 17.8 Å². The standard InChI is InChI=1S/C12H13BrN2O/c1-12(16,9-6-4-3-5-7-9)11-10(13)8-14-15(11)2/h3-8,16H,1-2H3. The van der Waals surface area contributed by atoms with E-state index in [4.69, 9.17) is 0 Å². The Morgan fingerprint density at radius 2 is 1.94 bits per heavy atom. The van der Waals surface area contributed by atoms with Gasteiger partial charge in [-0.1, -0.05) is 30.3 Å². The molecular weight excluding hydrogens is 268 g/mol. The third kappa shape index (κ3) is 1.79. The van der Waals surface area contributed by atoms with Gasteiger partial charge in [-0.3, -0.25) is 4.68 Å². The average Bonchev–Trinajstić information content (AvgIpc) is 2.60. The Morgan fingerprint density at radius 1 is 1.31 bits per heavy atom. The third-order valence-electron chi connectivity index (χ3n) is 2.69. The fraction of sp³-hybridized carbons (Fsp3) is 0.250. The van der Waals surface area contributed by atoms with Crippen molar-refractivity contribution in [3.05, 3.63) is 52.3 Å². The molecule has 0 aliphatic rings. The van der Waals surface area contributed by atoms with Crippen molar-refractivity contribution in [1.29, 1.82) is 0 Å². The number of benzene rings is 1. The van der Waals surface area contributed by atoms with Gasteiger partial charge in [0.1, 0.15) is 5.60 Å². The Labute approximate surface area is 103 Å². The normalized spacial score (nSPS) is 14.8. The second kappa shape index (κ2) is 4.03. The number of aryl methyl sites for hydroxylation is 1. The van der Waals surface area contributed by atoms with Gasteiger partial charge in [0.25, 0.3) is 0 Å². The maximum absolute atomic E-state index is 10.6. The van der Waals surface area contributed by atoms with E-state index in [0.717, 1.165) is 15.7 Å². The van der Waals surface area contributed by atoms with E-state index >= 15 is 0 Å². The fourth-order valence-electron chi connectivity index (χ4n) is 1.86. The molecule has 0 saturated heterocycles. The van der Waals surface area contributed by atoms with Crippen molar-refractivity contribution in [1.82, 2.24) is 9.78 Å². The summed E-state index contributed by atoms with van der Waals surface area (Å²) in [6.07, 6.45) is 1.69. The molecule has 0 bridgehead atoms. The molecule has 1 aromatic carbocycles. The molecule has 1 N–H and O–H groups in total. The first-order valence-corrected chi connectivity index (χ1v) is 5.78. The number of hydrogen-bond acceptors (Lipinski definition) is 2. The molecule has 1 aromatic heterocycles. The number of aromatic nitrogens is 2. The molecular formula is C12H13BrN2O. The zero-order chi connectivity index (χ0) is 11.8. The number of aliphatic hydroxyl groups is 1. The molecule has 0 aliphatic carbocycles. The van der Waals surface area contributed by atoms with E-state index in [9.17, 15) is 5.11 Å². The third-order valence-corrected chi connectivity index (χ3v) is 3.27. The summed E-state index contributed by atoms with van der Waals surface area (Å²) >= 11 is 3.41. The quantitative estimate of drug-likeness (QED) is 0.918. The van der Waals surface area contributed by atoms with Gasteiger partial charge in [0.2, 0.25) is 0 Å². The molecule has 0 fully saturated rings. The highest BCUT2D eigenvalue weighted by Gasteiger charge is 2.30. The van der Waals surface area contributed by atoms with Gasteiger partial charge in [-0.2, -0.15) is 5.10 Å². The van der Waals surface area contributed by atoms with Gasteiger partial charge in [0, 0.05) is 7.05 Å². The summed E-state index contributed by atoms with van der Waals surface area (Å²) in [5.41, 5.74) is 0.545. The molecule has 0 amide bonds. The van der Waals surface area contributed by atoms with E-state index in [0.29, 0.717) is 0 Å². The van der Waals surface area contributed by atoms with Crippen LogP contribution in [0, 0.1) is 0 Å². The van der Waals surface area contributed by atoms with Crippen LogP contribution in [0.5, 0.6) is 0 Å². The number of rotatable bonds is 2. The van der Waals surface area contributed by atoms with Crippen molar-refractivity contribution in [2.45, 2.75) is 12.5 Å². The minimum absolute atomic E-state index is 0.749. The predicted molar refractivity (Wildman–Crippen MR) is 66.0 cm³/mol. The Kier molecular flexibility index (Phi) is 2.86. The van der Waals surface area contributed by atoms with Gasteiger partial charge in [-0.05, 0) is 28.4 Å². The van der Waals surface area contributed by atoms with Gasteiger partial charge < -0.3 is 5.11 Å². The largest absolute Gasteiger partial charge is 0.379 e. The number of hydrogen-bond donors (Lipinski definition) is 1. The summed E-state index contributed by atoms with van der Waals surface area (Å²) in [7, 11) is 1.82. The van der Waals surface area contributed by atoms with Crippen molar-refractivity contribution in [2.24, 2.45) is 7.05 Å². The summed E-state index contributed by atoms with van der Waals surface area (Å²) in [4.78, 5) is 0. The molecule has 2 aromatic rings. The van der Waals surface area contributed by atoms with Crippen LogP contribution < -0.4 is 0 Å². The SMILES string of the molecule is Cn1ncc(Br)c1C(C)(O)c1ccccc1. The summed E-state index contributed by atoms with van der Waals surface area (Å²) in [5.74, 6) is 0. The van der Waals surface area contributed by atoms with Crippen molar-refractivity contribution in [2.75, 3.05) is 0 Å². The van der Waals surface area contributed by atoms with Crippen LogP contribution in [0.2, 0.25) is 0 Å². The number of nitrogens with zero attached hydrogens (tertiary/aromatic N) is 2. The van der Waals surface area contributed by atoms with Crippen LogP contribution in [0.1, 0.15) is 18.2 Å². The minimum atomic E-state index is -1.05. The van der Waals surface area contributed by atoms with Crippen LogP contribution in [0.4, 0.5) is 0 Å². The molecule has 4 heteroatoms. The zero-order valence-corrected chi connectivity index (χ0v) is 10.8. The van der Waals surface area contributed by atoms with E-state index in [1.165, 1.54) is 0 Å². The molecule has 1 heterocycles. The highest BCUT2D eigenvalue weighted by atomic mass is 79.9. The molecule has 0 aliphatic heterocycles. The van der Waals surface area contributed by atoms with Crippen LogP contribution in [-0.4, -0.2) is 14.9 Å².